The molecular formula is C12H25NO. The second kappa shape index (κ2) is 4.92. The van der Waals surface area contributed by atoms with E-state index < -0.39 is 0 Å². The molecule has 84 valence electrons. The van der Waals surface area contributed by atoms with Crippen molar-refractivity contribution in [1.82, 2.24) is 5.32 Å². The largest absolute Gasteiger partial charge is 0.312 e. The first-order valence-electron chi connectivity index (χ1n) is 5.41. The van der Waals surface area contributed by atoms with E-state index >= 15 is 0 Å². The van der Waals surface area contributed by atoms with Crippen LogP contribution in [0.15, 0.2) is 0 Å². The summed E-state index contributed by atoms with van der Waals surface area (Å²) in [4.78, 5) is 11.6. The lowest BCUT2D eigenvalue weighted by atomic mass is 9.88. The summed E-state index contributed by atoms with van der Waals surface area (Å²) in [6.45, 7) is 13.3. The molecule has 0 saturated heterocycles. The summed E-state index contributed by atoms with van der Waals surface area (Å²) in [5.41, 5.74) is -0.0213. The van der Waals surface area contributed by atoms with E-state index in [-0.39, 0.29) is 11.0 Å². The fraction of sp³-hybridized carbons (Fsp3) is 0.917. The fourth-order valence-corrected chi connectivity index (χ4v) is 1.09. The molecule has 0 aromatic carbocycles. The summed E-state index contributed by atoms with van der Waals surface area (Å²) >= 11 is 0. The highest BCUT2D eigenvalue weighted by molar-refractivity contribution is 5.83. The van der Waals surface area contributed by atoms with Crippen molar-refractivity contribution < 1.29 is 4.79 Å². The van der Waals surface area contributed by atoms with Crippen LogP contribution < -0.4 is 5.32 Å². The van der Waals surface area contributed by atoms with Gasteiger partial charge in [-0.25, -0.2) is 0 Å². The molecule has 0 amide bonds. The zero-order valence-corrected chi connectivity index (χ0v) is 10.5. The Kier molecular flexibility index (Phi) is 4.79. The van der Waals surface area contributed by atoms with Crippen LogP contribution in [0.1, 0.15) is 54.4 Å². The normalized spacial score (nSPS) is 13.0. The molecule has 2 nitrogen and oxygen atoms in total. The summed E-state index contributed by atoms with van der Waals surface area (Å²) in [6, 6.07) is 0. The van der Waals surface area contributed by atoms with Gasteiger partial charge < -0.3 is 5.32 Å². The van der Waals surface area contributed by atoms with Crippen molar-refractivity contribution in [3.8, 4) is 0 Å². The van der Waals surface area contributed by atoms with Gasteiger partial charge >= 0.3 is 0 Å². The smallest absolute Gasteiger partial charge is 0.138 e. The van der Waals surface area contributed by atoms with E-state index in [2.05, 4.69) is 26.1 Å². The standard InChI is InChI=1S/C12H25NO/c1-11(2,3)10(14)8-7-9-13-12(4,5)6/h13H,7-9H2,1-6H3. The average Bonchev–Trinajstić information content (AvgIpc) is 1.93. The lowest BCUT2D eigenvalue weighted by Gasteiger charge is -2.21. The maximum absolute atomic E-state index is 11.6. The third-order valence-corrected chi connectivity index (χ3v) is 2.07. The highest BCUT2D eigenvalue weighted by Gasteiger charge is 2.20. The molecule has 0 aromatic heterocycles. The van der Waals surface area contributed by atoms with Gasteiger partial charge in [0.05, 0.1) is 0 Å². The Morgan fingerprint density at radius 3 is 1.93 bits per heavy atom. The molecule has 0 radical (unpaired) electrons. The monoisotopic (exact) mass is 199 g/mol. The van der Waals surface area contributed by atoms with Gasteiger partial charge in [-0.1, -0.05) is 20.8 Å². The molecule has 0 rings (SSSR count). The number of ketones is 1. The molecule has 0 fully saturated rings. The predicted octanol–water partition coefficient (Wildman–Crippen LogP) is 2.77. The van der Waals surface area contributed by atoms with Crippen LogP contribution in [0, 0.1) is 5.41 Å². The van der Waals surface area contributed by atoms with Crippen molar-refractivity contribution in [2.75, 3.05) is 6.54 Å². The third kappa shape index (κ3) is 7.07. The van der Waals surface area contributed by atoms with Gasteiger partial charge in [0.2, 0.25) is 0 Å². The van der Waals surface area contributed by atoms with Crippen molar-refractivity contribution in [2.24, 2.45) is 5.41 Å². The van der Waals surface area contributed by atoms with Crippen LogP contribution >= 0.6 is 0 Å². The Morgan fingerprint density at radius 2 is 1.57 bits per heavy atom. The number of nitrogens with one attached hydrogen (secondary N) is 1. The van der Waals surface area contributed by atoms with Crippen LogP contribution in [0.4, 0.5) is 0 Å². The van der Waals surface area contributed by atoms with Gasteiger partial charge in [-0.05, 0) is 33.7 Å². The molecule has 0 aliphatic heterocycles. The highest BCUT2D eigenvalue weighted by Crippen LogP contribution is 2.17. The first-order valence-corrected chi connectivity index (χ1v) is 5.41. The average molecular weight is 199 g/mol. The summed E-state index contributed by atoms with van der Waals surface area (Å²) in [5.74, 6) is 0.355. The van der Waals surface area contributed by atoms with Crippen LogP contribution in [0.5, 0.6) is 0 Å². The van der Waals surface area contributed by atoms with Crippen LogP contribution in [0.3, 0.4) is 0 Å². The number of hydrogen-bond acceptors (Lipinski definition) is 2. The first kappa shape index (κ1) is 13.6. The SMILES string of the molecule is CC(C)(C)NCCCC(=O)C(C)(C)C. The second-order valence-electron chi connectivity index (χ2n) is 5.95. The maximum atomic E-state index is 11.6. The van der Waals surface area contributed by atoms with E-state index in [1.165, 1.54) is 0 Å². The molecule has 0 aliphatic carbocycles. The van der Waals surface area contributed by atoms with E-state index in [4.69, 9.17) is 0 Å². The molecule has 0 spiro atoms. The van der Waals surface area contributed by atoms with E-state index in [1.54, 1.807) is 0 Å². The minimum atomic E-state index is -0.179. The van der Waals surface area contributed by atoms with Gasteiger partial charge in [-0.2, -0.15) is 0 Å². The molecule has 0 heterocycles. The summed E-state index contributed by atoms with van der Waals surface area (Å²) in [7, 11) is 0. The zero-order chi connectivity index (χ0) is 11.4. The van der Waals surface area contributed by atoms with Crippen LogP contribution in [0.25, 0.3) is 0 Å². The van der Waals surface area contributed by atoms with Gasteiger partial charge in [0.25, 0.3) is 0 Å². The third-order valence-electron chi connectivity index (χ3n) is 2.07. The van der Waals surface area contributed by atoms with Gasteiger partial charge in [0, 0.05) is 17.4 Å². The van der Waals surface area contributed by atoms with Crippen LogP contribution in [-0.2, 0) is 4.79 Å². The van der Waals surface area contributed by atoms with E-state index in [1.807, 2.05) is 20.8 Å². The molecule has 0 unspecified atom stereocenters. The number of rotatable bonds is 4. The quantitative estimate of drug-likeness (QED) is 0.705. The Morgan fingerprint density at radius 1 is 1.07 bits per heavy atom. The maximum Gasteiger partial charge on any atom is 0.138 e. The van der Waals surface area contributed by atoms with Gasteiger partial charge in [-0.15, -0.1) is 0 Å². The van der Waals surface area contributed by atoms with Crippen molar-refractivity contribution in [3.05, 3.63) is 0 Å². The first-order chi connectivity index (χ1) is 6.13. The van der Waals surface area contributed by atoms with Gasteiger partial charge in [0.1, 0.15) is 5.78 Å². The molecule has 0 aliphatic rings. The topological polar surface area (TPSA) is 29.1 Å². The molecule has 1 N–H and O–H groups in total. The number of carbonyl (C=O) groups excluding carboxylic acids is 1. The van der Waals surface area contributed by atoms with Crippen LogP contribution in [-0.4, -0.2) is 17.9 Å². The fourth-order valence-electron chi connectivity index (χ4n) is 1.09. The minimum absolute atomic E-state index is 0.158. The Bertz CT molecular complexity index is 183. The lowest BCUT2D eigenvalue weighted by Crippen LogP contribution is -2.36. The molecule has 0 atom stereocenters. The number of hydrogen-bond donors (Lipinski definition) is 1. The minimum Gasteiger partial charge on any atom is -0.312 e. The highest BCUT2D eigenvalue weighted by atomic mass is 16.1. The summed E-state index contributed by atoms with van der Waals surface area (Å²) in [6.07, 6.45) is 1.62. The Hall–Kier alpha value is -0.370. The van der Waals surface area contributed by atoms with E-state index in [0.29, 0.717) is 12.2 Å². The Balaban J connectivity index is 3.62. The van der Waals surface area contributed by atoms with Gasteiger partial charge in [0.15, 0.2) is 0 Å². The Labute approximate surface area is 88.5 Å². The van der Waals surface area contributed by atoms with E-state index in [9.17, 15) is 4.79 Å². The molecule has 0 saturated carbocycles. The van der Waals surface area contributed by atoms with Gasteiger partial charge in [-0.3, -0.25) is 4.79 Å². The number of Topliss-reactive ketones (excluding diaryl/α,β-unsaturated/α-hetero) is 1. The van der Waals surface area contributed by atoms with Crippen molar-refractivity contribution in [1.29, 1.82) is 0 Å². The molecule has 2 heteroatoms. The predicted molar refractivity (Wildman–Crippen MR) is 61.5 cm³/mol. The second-order valence-corrected chi connectivity index (χ2v) is 5.95. The van der Waals surface area contributed by atoms with Crippen molar-refractivity contribution in [2.45, 2.75) is 59.9 Å². The lowest BCUT2D eigenvalue weighted by molar-refractivity contribution is -0.126. The van der Waals surface area contributed by atoms with Crippen LogP contribution in [0.2, 0.25) is 0 Å². The number of carbonyl (C=O) groups is 1. The van der Waals surface area contributed by atoms with Crippen molar-refractivity contribution >= 4 is 5.78 Å². The summed E-state index contributed by atoms with van der Waals surface area (Å²) < 4.78 is 0. The molecular weight excluding hydrogens is 174 g/mol. The zero-order valence-electron chi connectivity index (χ0n) is 10.5. The summed E-state index contributed by atoms with van der Waals surface area (Å²) in [5, 5.41) is 3.38. The van der Waals surface area contributed by atoms with Crippen molar-refractivity contribution in [3.63, 3.8) is 0 Å². The molecule has 0 aromatic rings. The van der Waals surface area contributed by atoms with E-state index in [0.717, 1.165) is 13.0 Å². The molecule has 0 bridgehead atoms. The molecule has 14 heavy (non-hydrogen) atoms.